The molecule has 6 nitrogen and oxygen atoms in total. The number of fused-ring (bicyclic) bond motifs is 2. The Bertz CT molecular complexity index is 880. The van der Waals surface area contributed by atoms with E-state index in [-0.39, 0.29) is 31.1 Å². The van der Waals surface area contributed by atoms with Gasteiger partial charge in [0, 0.05) is 13.5 Å². The van der Waals surface area contributed by atoms with E-state index in [1.54, 1.807) is 16.7 Å². The largest absolute Gasteiger partial charge is 0.454 e. The van der Waals surface area contributed by atoms with Gasteiger partial charge in [-0.2, -0.15) is 0 Å². The first-order valence-electron chi connectivity index (χ1n) is 8.62. The Labute approximate surface area is 151 Å². The van der Waals surface area contributed by atoms with Crippen molar-refractivity contribution >= 4 is 23.2 Å². The molecule has 4 rings (SSSR count). The van der Waals surface area contributed by atoms with Gasteiger partial charge in [0.05, 0.1) is 23.8 Å². The van der Waals surface area contributed by atoms with Crippen molar-refractivity contribution < 1.29 is 19.1 Å². The Balaban J connectivity index is 1.61. The molecule has 0 N–H and O–H groups in total. The van der Waals surface area contributed by atoms with Crippen LogP contribution in [0.15, 0.2) is 42.5 Å². The van der Waals surface area contributed by atoms with Gasteiger partial charge in [0.25, 0.3) is 0 Å². The van der Waals surface area contributed by atoms with Crippen molar-refractivity contribution in [3.63, 3.8) is 0 Å². The van der Waals surface area contributed by atoms with Crippen LogP contribution in [-0.4, -0.2) is 31.2 Å². The van der Waals surface area contributed by atoms with Gasteiger partial charge < -0.3 is 19.3 Å². The third-order valence-electron chi connectivity index (χ3n) is 4.75. The lowest BCUT2D eigenvalue weighted by Crippen LogP contribution is -2.51. The highest BCUT2D eigenvalue weighted by Crippen LogP contribution is 2.36. The average Bonchev–Trinajstić information content (AvgIpc) is 3.08. The van der Waals surface area contributed by atoms with Crippen LogP contribution in [0, 0.1) is 0 Å². The Morgan fingerprint density at radius 2 is 1.81 bits per heavy atom. The zero-order chi connectivity index (χ0) is 18.3. The fraction of sp³-hybridized carbons (Fsp3) is 0.300. The van der Waals surface area contributed by atoms with Crippen LogP contribution in [0.2, 0.25) is 0 Å². The summed E-state index contributed by atoms with van der Waals surface area (Å²) in [7, 11) is 0. The fourth-order valence-electron chi connectivity index (χ4n) is 3.61. The second-order valence-corrected chi connectivity index (χ2v) is 6.60. The molecule has 2 aromatic rings. The Hall–Kier alpha value is -3.02. The van der Waals surface area contributed by atoms with Gasteiger partial charge in [0.2, 0.25) is 18.6 Å². The number of hydrogen-bond acceptors (Lipinski definition) is 4. The predicted molar refractivity (Wildman–Crippen MR) is 97.7 cm³/mol. The van der Waals surface area contributed by atoms with Gasteiger partial charge in [-0.05, 0) is 36.8 Å². The number of amides is 2. The van der Waals surface area contributed by atoms with Gasteiger partial charge in [-0.15, -0.1) is 0 Å². The van der Waals surface area contributed by atoms with Crippen LogP contribution in [0.3, 0.4) is 0 Å². The topological polar surface area (TPSA) is 59.1 Å². The molecule has 2 heterocycles. The number of benzene rings is 2. The van der Waals surface area contributed by atoms with Crippen molar-refractivity contribution in [1.82, 2.24) is 0 Å². The van der Waals surface area contributed by atoms with Gasteiger partial charge in [0.1, 0.15) is 0 Å². The highest BCUT2D eigenvalue weighted by Gasteiger charge is 2.33. The molecule has 2 aromatic carbocycles. The van der Waals surface area contributed by atoms with Gasteiger partial charge in [-0.1, -0.05) is 18.2 Å². The number of anilines is 2. The molecule has 2 amide bonds. The molecule has 0 aromatic heterocycles. The van der Waals surface area contributed by atoms with Crippen LogP contribution in [0.4, 0.5) is 11.4 Å². The maximum Gasteiger partial charge on any atom is 0.231 e. The van der Waals surface area contributed by atoms with Crippen molar-refractivity contribution in [3.8, 4) is 11.5 Å². The smallest absolute Gasteiger partial charge is 0.231 e. The van der Waals surface area contributed by atoms with Crippen molar-refractivity contribution in [2.24, 2.45) is 0 Å². The van der Waals surface area contributed by atoms with Crippen molar-refractivity contribution in [2.75, 3.05) is 23.1 Å². The van der Waals surface area contributed by atoms with E-state index in [1.165, 1.54) is 0 Å². The van der Waals surface area contributed by atoms with Crippen LogP contribution < -0.4 is 19.3 Å². The second kappa shape index (κ2) is 6.37. The van der Waals surface area contributed by atoms with Gasteiger partial charge >= 0.3 is 0 Å². The highest BCUT2D eigenvalue weighted by atomic mass is 16.7. The summed E-state index contributed by atoms with van der Waals surface area (Å²) in [6.07, 6.45) is 0.262. The molecule has 0 saturated carbocycles. The van der Waals surface area contributed by atoms with Crippen LogP contribution in [0.1, 0.15) is 19.4 Å². The zero-order valence-electron chi connectivity index (χ0n) is 14.8. The number of ether oxygens (including phenoxy) is 2. The molecule has 2 aliphatic heterocycles. The summed E-state index contributed by atoms with van der Waals surface area (Å²) in [5.74, 6) is 1.35. The zero-order valence-corrected chi connectivity index (χ0v) is 14.8. The van der Waals surface area contributed by atoms with Crippen LogP contribution in [-0.2, 0) is 16.0 Å². The summed E-state index contributed by atoms with van der Waals surface area (Å²) in [4.78, 5) is 28.6. The Morgan fingerprint density at radius 3 is 2.58 bits per heavy atom. The number of hydrogen-bond donors (Lipinski definition) is 0. The number of para-hydroxylation sites is 2. The number of carbonyl (C=O) groups is 2. The average molecular weight is 352 g/mol. The molecule has 2 aliphatic rings. The molecule has 134 valence electrons. The van der Waals surface area contributed by atoms with Gasteiger partial charge in [-0.25, -0.2) is 0 Å². The SMILES string of the molecule is CC(=O)N1c2ccccc2N(C(=O)Cc2ccc3c(c2)OCO3)CC1C. The van der Waals surface area contributed by atoms with Crippen LogP contribution in [0.25, 0.3) is 0 Å². The third kappa shape index (κ3) is 2.77. The summed E-state index contributed by atoms with van der Waals surface area (Å²) in [5, 5.41) is 0. The second-order valence-electron chi connectivity index (χ2n) is 6.60. The molecule has 1 atom stereocenters. The minimum atomic E-state index is -0.0805. The summed E-state index contributed by atoms with van der Waals surface area (Å²) in [6, 6.07) is 13.0. The maximum absolute atomic E-state index is 13.0. The van der Waals surface area contributed by atoms with E-state index in [1.807, 2.05) is 49.4 Å². The van der Waals surface area contributed by atoms with E-state index in [4.69, 9.17) is 9.47 Å². The normalized spacial score (nSPS) is 17.8. The first kappa shape index (κ1) is 16.4. The quantitative estimate of drug-likeness (QED) is 0.834. The number of nitrogens with zero attached hydrogens (tertiary/aromatic N) is 2. The van der Waals surface area contributed by atoms with E-state index in [0.29, 0.717) is 18.0 Å². The summed E-state index contributed by atoms with van der Waals surface area (Å²) < 4.78 is 10.7. The Morgan fingerprint density at radius 1 is 1.08 bits per heavy atom. The van der Waals surface area contributed by atoms with Crippen LogP contribution in [0.5, 0.6) is 11.5 Å². The first-order valence-corrected chi connectivity index (χ1v) is 8.62. The van der Waals surface area contributed by atoms with Crippen molar-refractivity contribution in [3.05, 3.63) is 48.0 Å². The molecule has 0 aliphatic carbocycles. The van der Waals surface area contributed by atoms with E-state index >= 15 is 0 Å². The first-order chi connectivity index (χ1) is 12.5. The molecule has 1 unspecified atom stereocenters. The highest BCUT2D eigenvalue weighted by molar-refractivity contribution is 6.04. The predicted octanol–water partition coefficient (Wildman–Crippen LogP) is 2.75. The van der Waals surface area contributed by atoms with Crippen molar-refractivity contribution in [2.45, 2.75) is 26.3 Å². The molecule has 0 spiro atoms. The van der Waals surface area contributed by atoms with E-state index in [9.17, 15) is 9.59 Å². The molecule has 0 bridgehead atoms. The molecule has 0 radical (unpaired) electrons. The van der Waals surface area contributed by atoms with E-state index in [0.717, 1.165) is 16.9 Å². The minimum absolute atomic E-state index is 0.00799. The van der Waals surface area contributed by atoms with Crippen molar-refractivity contribution in [1.29, 1.82) is 0 Å². The molecular formula is C20H20N2O4. The molecule has 0 saturated heterocycles. The summed E-state index contributed by atoms with van der Waals surface area (Å²) >= 11 is 0. The number of carbonyl (C=O) groups excluding carboxylic acids is 2. The summed E-state index contributed by atoms with van der Waals surface area (Å²) in [5.41, 5.74) is 2.42. The standard InChI is InChI=1S/C20H20N2O4/c1-13-11-21(16-5-3-4-6-17(16)22(13)14(2)23)20(24)10-15-7-8-18-19(9-15)26-12-25-18/h3-9,13H,10-12H2,1-2H3. The monoisotopic (exact) mass is 352 g/mol. The summed E-state index contributed by atoms with van der Waals surface area (Å²) in [6.45, 7) is 4.19. The van der Waals surface area contributed by atoms with Crippen LogP contribution >= 0.6 is 0 Å². The Kier molecular flexibility index (Phi) is 4.03. The molecule has 6 heteroatoms. The lowest BCUT2D eigenvalue weighted by atomic mass is 10.1. The molecular weight excluding hydrogens is 332 g/mol. The molecule has 26 heavy (non-hydrogen) atoms. The lowest BCUT2D eigenvalue weighted by Gasteiger charge is -2.40. The van der Waals surface area contributed by atoms with E-state index < -0.39 is 0 Å². The fourth-order valence-corrected chi connectivity index (χ4v) is 3.61. The van der Waals surface area contributed by atoms with E-state index in [2.05, 4.69) is 0 Å². The molecule has 0 fully saturated rings. The number of rotatable bonds is 2. The van der Waals surface area contributed by atoms with Gasteiger partial charge in [-0.3, -0.25) is 9.59 Å². The third-order valence-corrected chi connectivity index (χ3v) is 4.75. The van der Waals surface area contributed by atoms with Gasteiger partial charge in [0.15, 0.2) is 11.5 Å². The maximum atomic E-state index is 13.0. The lowest BCUT2D eigenvalue weighted by molar-refractivity contribution is -0.119. The minimum Gasteiger partial charge on any atom is -0.454 e.